The molecule has 0 saturated carbocycles. The topological polar surface area (TPSA) is 92.9 Å². The number of aromatic carboxylic acids is 1. The molecule has 0 aliphatic heterocycles. The van der Waals surface area contributed by atoms with Gasteiger partial charge in [0.25, 0.3) is 0 Å². The van der Waals surface area contributed by atoms with Gasteiger partial charge >= 0.3 is 5.97 Å². The van der Waals surface area contributed by atoms with Gasteiger partial charge in [-0.15, -0.1) is 0 Å². The molecule has 0 aromatic carbocycles. The molecule has 0 unspecified atom stereocenters. The zero-order valence-corrected chi connectivity index (χ0v) is 9.16. The van der Waals surface area contributed by atoms with E-state index in [4.69, 9.17) is 5.11 Å². The molecule has 0 bridgehead atoms. The van der Waals surface area contributed by atoms with Crippen LogP contribution < -0.4 is 5.32 Å². The summed E-state index contributed by atoms with van der Waals surface area (Å²) < 4.78 is 1.70. The maximum atomic E-state index is 10.9. The Morgan fingerprint density at radius 1 is 1.59 bits per heavy atom. The van der Waals surface area contributed by atoms with Crippen molar-refractivity contribution < 1.29 is 9.90 Å². The third-order valence-electron chi connectivity index (χ3n) is 2.30. The highest BCUT2D eigenvalue weighted by atomic mass is 16.4. The van der Waals surface area contributed by atoms with Gasteiger partial charge in [-0.05, 0) is 6.07 Å². The lowest BCUT2D eigenvalue weighted by atomic mass is 10.3. The van der Waals surface area contributed by atoms with E-state index in [9.17, 15) is 4.79 Å². The number of aryl methyl sites for hydroxylation is 1. The predicted octanol–water partition coefficient (Wildman–Crippen LogP) is 0.520. The molecule has 88 valence electrons. The van der Waals surface area contributed by atoms with E-state index in [1.165, 1.54) is 12.5 Å². The Morgan fingerprint density at radius 2 is 2.41 bits per heavy atom. The molecule has 2 N–H and O–H groups in total. The number of aromatic nitrogens is 4. The van der Waals surface area contributed by atoms with Gasteiger partial charge in [-0.2, -0.15) is 5.10 Å². The molecular formula is C10H11N5O2. The van der Waals surface area contributed by atoms with Crippen LogP contribution in [0.4, 0.5) is 5.82 Å². The molecule has 2 rings (SSSR count). The zero-order chi connectivity index (χ0) is 12.3. The van der Waals surface area contributed by atoms with E-state index in [1.54, 1.807) is 10.9 Å². The highest BCUT2D eigenvalue weighted by molar-refractivity contribution is 5.92. The lowest BCUT2D eigenvalue weighted by Crippen LogP contribution is -2.11. The summed E-state index contributed by atoms with van der Waals surface area (Å²) in [6, 6.07) is 1.84. The Morgan fingerprint density at radius 3 is 3.06 bits per heavy atom. The van der Waals surface area contributed by atoms with Gasteiger partial charge in [-0.25, -0.2) is 14.8 Å². The van der Waals surface area contributed by atoms with E-state index in [2.05, 4.69) is 20.4 Å². The molecule has 2 aromatic heterocycles. The summed E-state index contributed by atoms with van der Waals surface area (Å²) in [7, 11) is 1.81. The van der Waals surface area contributed by atoms with Crippen LogP contribution >= 0.6 is 0 Å². The van der Waals surface area contributed by atoms with E-state index in [1.807, 2.05) is 13.1 Å². The number of rotatable bonds is 4. The molecule has 0 saturated heterocycles. The largest absolute Gasteiger partial charge is 0.477 e. The van der Waals surface area contributed by atoms with Crippen LogP contribution in [0.2, 0.25) is 0 Å². The van der Waals surface area contributed by atoms with Crippen molar-refractivity contribution in [1.29, 1.82) is 0 Å². The molecule has 2 heterocycles. The molecule has 7 nitrogen and oxygen atoms in total. The summed E-state index contributed by atoms with van der Waals surface area (Å²) in [5.41, 5.74) is 0.981. The van der Waals surface area contributed by atoms with Gasteiger partial charge in [0.2, 0.25) is 0 Å². The number of carboxylic acids is 1. The summed E-state index contributed by atoms with van der Waals surface area (Å²) in [6.45, 7) is 0.452. The minimum atomic E-state index is -1.06. The Balaban J connectivity index is 2.14. The first-order chi connectivity index (χ1) is 8.18. The number of nitrogens with one attached hydrogen (secondary N) is 1. The molecule has 0 spiro atoms. The zero-order valence-electron chi connectivity index (χ0n) is 9.16. The standard InChI is InChI=1S/C10H11N5O2/c1-15-7(2-3-14-15)4-12-9-8(10(16)17)5-11-6-13-9/h2-3,5-6H,4H2,1H3,(H,16,17)(H,11,12,13). The lowest BCUT2D eigenvalue weighted by molar-refractivity contribution is 0.0697. The van der Waals surface area contributed by atoms with E-state index >= 15 is 0 Å². The maximum Gasteiger partial charge on any atom is 0.341 e. The fourth-order valence-electron chi connectivity index (χ4n) is 1.38. The summed E-state index contributed by atoms with van der Waals surface area (Å²) in [6.07, 6.45) is 4.24. The molecule has 0 fully saturated rings. The number of hydrogen-bond donors (Lipinski definition) is 2. The minimum absolute atomic E-state index is 0.0506. The van der Waals surface area contributed by atoms with Crippen LogP contribution in [0.1, 0.15) is 16.1 Å². The Kier molecular flexibility index (Phi) is 2.99. The average Bonchev–Trinajstić information content (AvgIpc) is 2.72. The van der Waals surface area contributed by atoms with Gasteiger partial charge in [0.1, 0.15) is 17.7 Å². The Labute approximate surface area is 97.1 Å². The second-order valence-electron chi connectivity index (χ2n) is 3.39. The van der Waals surface area contributed by atoms with Crippen molar-refractivity contribution in [2.24, 2.45) is 7.05 Å². The molecular weight excluding hydrogens is 222 g/mol. The van der Waals surface area contributed by atoms with Crippen LogP contribution in [0.3, 0.4) is 0 Å². The third-order valence-corrected chi connectivity index (χ3v) is 2.30. The van der Waals surface area contributed by atoms with Crippen LogP contribution in [0.25, 0.3) is 0 Å². The fraction of sp³-hybridized carbons (Fsp3) is 0.200. The van der Waals surface area contributed by atoms with Crippen molar-refractivity contribution in [3.63, 3.8) is 0 Å². The van der Waals surface area contributed by atoms with Crippen LogP contribution in [0.15, 0.2) is 24.8 Å². The first-order valence-corrected chi connectivity index (χ1v) is 4.92. The third kappa shape index (κ3) is 2.39. The molecule has 0 amide bonds. The summed E-state index contributed by atoms with van der Waals surface area (Å²) in [5, 5.41) is 15.9. The highest BCUT2D eigenvalue weighted by Crippen LogP contribution is 2.11. The maximum absolute atomic E-state index is 10.9. The van der Waals surface area contributed by atoms with Gasteiger partial charge in [0, 0.05) is 19.4 Å². The fourth-order valence-corrected chi connectivity index (χ4v) is 1.38. The molecule has 0 aliphatic carbocycles. The molecule has 2 aromatic rings. The summed E-state index contributed by atoms with van der Waals surface area (Å²) in [4.78, 5) is 18.5. The van der Waals surface area contributed by atoms with Gasteiger partial charge < -0.3 is 10.4 Å². The van der Waals surface area contributed by atoms with Crippen molar-refractivity contribution in [1.82, 2.24) is 19.7 Å². The second kappa shape index (κ2) is 4.60. The SMILES string of the molecule is Cn1nccc1CNc1ncncc1C(=O)O. The summed E-state index contributed by atoms with van der Waals surface area (Å²) in [5.74, 6) is -0.758. The van der Waals surface area contributed by atoms with E-state index in [-0.39, 0.29) is 5.56 Å². The van der Waals surface area contributed by atoms with Gasteiger partial charge in [0.15, 0.2) is 0 Å². The van der Waals surface area contributed by atoms with Gasteiger partial charge in [0.05, 0.1) is 12.2 Å². The number of carboxylic acid groups (broad SMARTS) is 1. The monoisotopic (exact) mass is 233 g/mol. The van der Waals surface area contributed by atoms with E-state index in [0.717, 1.165) is 5.69 Å². The normalized spacial score (nSPS) is 10.2. The van der Waals surface area contributed by atoms with Crippen molar-refractivity contribution >= 4 is 11.8 Å². The first kappa shape index (κ1) is 11.1. The Bertz CT molecular complexity index is 537. The molecule has 17 heavy (non-hydrogen) atoms. The number of carbonyl (C=O) groups is 1. The number of nitrogens with zero attached hydrogens (tertiary/aromatic N) is 4. The Hall–Kier alpha value is -2.44. The van der Waals surface area contributed by atoms with Crippen LogP contribution in [-0.4, -0.2) is 30.8 Å². The molecule has 0 radical (unpaired) electrons. The average molecular weight is 233 g/mol. The minimum Gasteiger partial charge on any atom is -0.477 e. The molecule has 7 heteroatoms. The molecule has 0 atom stereocenters. The van der Waals surface area contributed by atoms with Crippen molar-refractivity contribution in [3.05, 3.63) is 36.0 Å². The number of anilines is 1. The smallest absolute Gasteiger partial charge is 0.341 e. The molecule has 0 aliphatic rings. The second-order valence-corrected chi connectivity index (χ2v) is 3.39. The first-order valence-electron chi connectivity index (χ1n) is 4.92. The lowest BCUT2D eigenvalue weighted by Gasteiger charge is -2.07. The van der Waals surface area contributed by atoms with Crippen LogP contribution in [0, 0.1) is 0 Å². The van der Waals surface area contributed by atoms with E-state index in [0.29, 0.717) is 12.4 Å². The van der Waals surface area contributed by atoms with Crippen molar-refractivity contribution in [2.75, 3.05) is 5.32 Å². The quantitative estimate of drug-likeness (QED) is 0.799. The van der Waals surface area contributed by atoms with Crippen molar-refractivity contribution in [2.45, 2.75) is 6.54 Å². The van der Waals surface area contributed by atoms with Gasteiger partial charge in [-0.3, -0.25) is 4.68 Å². The van der Waals surface area contributed by atoms with Crippen molar-refractivity contribution in [3.8, 4) is 0 Å². The van der Waals surface area contributed by atoms with Crippen LogP contribution in [0.5, 0.6) is 0 Å². The predicted molar refractivity (Wildman–Crippen MR) is 59.5 cm³/mol. The summed E-state index contributed by atoms with van der Waals surface area (Å²) >= 11 is 0. The van der Waals surface area contributed by atoms with Gasteiger partial charge in [-0.1, -0.05) is 0 Å². The highest BCUT2D eigenvalue weighted by Gasteiger charge is 2.11. The van der Waals surface area contributed by atoms with Crippen LogP contribution in [-0.2, 0) is 13.6 Å². The number of hydrogen-bond acceptors (Lipinski definition) is 5. The van der Waals surface area contributed by atoms with E-state index < -0.39 is 5.97 Å².